The van der Waals surface area contributed by atoms with Gasteiger partial charge in [0, 0.05) is 39.1 Å². The number of furan rings is 1. The Kier molecular flexibility index (Phi) is 6.79. The second kappa shape index (κ2) is 11.5. The Morgan fingerprint density at radius 1 is 0.833 bits per heavy atom. The van der Waals surface area contributed by atoms with Crippen LogP contribution in [0, 0.1) is 6.92 Å². The molecule has 2 aliphatic rings. The number of nitrogens with zero attached hydrogens (tertiary/aromatic N) is 1. The van der Waals surface area contributed by atoms with Crippen molar-refractivity contribution in [1.82, 2.24) is 4.57 Å². The summed E-state index contributed by atoms with van der Waals surface area (Å²) in [6, 6.07) is 36.8. The van der Waals surface area contributed by atoms with Crippen molar-refractivity contribution in [2.45, 2.75) is 32.8 Å². The summed E-state index contributed by atoms with van der Waals surface area (Å²) in [5.74, 6) is 0.914. The van der Waals surface area contributed by atoms with Crippen LogP contribution in [0.3, 0.4) is 0 Å². The molecule has 2 aromatic heterocycles. The molecule has 3 heteroatoms. The minimum atomic E-state index is -0.0638. The Balaban J connectivity index is 1.11. The molecule has 0 spiro atoms. The van der Waals surface area contributed by atoms with Crippen LogP contribution < -0.4 is 15.4 Å². The molecule has 9 rings (SSSR count). The molecule has 0 N–H and O–H groups in total. The lowest BCUT2D eigenvalue weighted by Crippen LogP contribution is -2.30. The van der Waals surface area contributed by atoms with E-state index in [4.69, 9.17) is 9.15 Å². The summed E-state index contributed by atoms with van der Waals surface area (Å²) in [7, 11) is 0. The molecule has 0 radical (unpaired) electrons. The fourth-order valence-corrected chi connectivity index (χ4v) is 7.65. The van der Waals surface area contributed by atoms with Crippen LogP contribution in [0.4, 0.5) is 0 Å². The molecule has 5 aromatic carbocycles. The zero-order valence-corrected chi connectivity index (χ0v) is 27.1. The minimum absolute atomic E-state index is 0.0638. The Bertz CT molecular complexity index is 2620. The third kappa shape index (κ3) is 4.57. The van der Waals surface area contributed by atoms with Crippen LogP contribution in [-0.2, 0) is 6.42 Å². The highest BCUT2D eigenvalue weighted by Gasteiger charge is 2.24. The largest absolute Gasteiger partial charge is 0.486 e. The van der Waals surface area contributed by atoms with Crippen LogP contribution in [-0.4, -0.2) is 10.7 Å². The van der Waals surface area contributed by atoms with Gasteiger partial charge in [0.15, 0.2) is 0 Å². The number of benzene rings is 5. The van der Waals surface area contributed by atoms with Crippen molar-refractivity contribution in [1.29, 1.82) is 0 Å². The van der Waals surface area contributed by atoms with Gasteiger partial charge in [-0.05, 0) is 84.5 Å². The number of ether oxygens (including phenoxy) is 1. The summed E-state index contributed by atoms with van der Waals surface area (Å²) in [5, 5.41) is 4.92. The maximum atomic E-state index is 6.52. The van der Waals surface area contributed by atoms with E-state index in [1.165, 1.54) is 44.1 Å². The van der Waals surface area contributed by atoms with Gasteiger partial charge in [-0.3, -0.25) is 0 Å². The van der Waals surface area contributed by atoms with E-state index in [0.29, 0.717) is 0 Å². The first-order valence-electron chi connectivity index (χ1n) is 16.8. The molecule has 2 aliphatic carbocycles. The third-order valence-electron chi connectivity index (χ3n) is 9.84. The highest BCUT2D eigenvalue weighted by atomic mass is 16.5. The second-order valence-corrected chi connectivity index (χ2v) is 12.8. The van der Waals surface area contributed by atoms with E-state index < -0.39 is 0 Å². The molecule has 3 nitrogen and oxygen atoms in total. The molecule has 0 aliphatic heterocycles. The first-order chi connectivity index (χ1) is 23.7. The SMILES string of the molecule is C\C=C/C(=C\C=C\c1cccc2c3c(oc12)=CC(Oc1ccccc1C)CC=3)n1c2ccccc2c2c3c(ccc21)-c1ccccc1C3. The van der Waals surface area contributed by atoms with Crippen molar-refractivity contribution in [3.05, 3.63) is 160 Å². The van der Waals surface area contributed by atoms with Crippen molar-refractivity contribution in [3.63, 3.8) is 0 Å². The molecule has 232 valence electrons. The number of aromatic nitrogens is 1. The average Bonchev–Trinajstić information content (AvgIpc) is 3.78. The highest BCUT2D eigenvalue weighted by Crippen LogP contribution is 2.44. The quantitative estimate of drug-likeness (QED) is 0.173. The summed E-state index contributed by atoms with van der Waals surface area (Å²) in [6.07, 6.45) is 16.9. The van der Waals surface area contributed by atoms with Gasteiger partial charge in [-0.25, -0.2) is 0 Å². The number of allylic oxidation sites excluding steroid dienone is 5. The molecule has 1 atom stereocenters. The Morgan fingerprint density at radius 2 is 1.67 bits per heavy atom. The molecule has 0 saturated heterocycles. The summed E-state index contributed by atoms with van der Waals surface area (Å²) < 4.78 is 15.3. The summed E-state index contributed by atoms with van der Waals surface area (Å²) in [5.41, 5.74) is 13.1. The third-order valence-corrected chi connectivity index (χ3v) is 9.84. The van der Waals surface area contributed by atoms with E-state index in [1.807, 2.05) is 18.2 Å². The van der Waals surface area contributed by atoms with E-state index in [2.05, 4.69) is 146 Å². The van der Waals surface area contributed by atoms with Crippen LogP contribution in [0.1, 0.15) is 35.6 Å². The lowest BCUT2D eigenvalue weighted by molar-refractivity contribution is 0.266. The van der Waals surface area contributed by atoms with Gasteiger partial charge in [-0.1, -0.05) is 109 Å². The molecule has 0 amide bonds. The second-order valence-electron chi connectivity index (χ2n) is 12.8. The summed E-state index contributed by atoms with van der Waals surface area (Å²) in [6.45, 7) is 4.16. The maximum Gasteiger partial charge on any atom is 0.142 e. The Morgan fingerprint density at radius 3 is 2.58 bits per heavy atom. The van der Waals surface area contributed by atoms with Gasteiger partial charge < -0.3 is 13.7 Å². The van der Waals surface area contributed by atoms with Gasteiger partial charge in [0.1, 0.15) is 22.9 Å². The van der Waals surface area contributed by atoms with E-state index in [9.17, 15) is 0 Å². The monoisotopic (exact) mass is 621 g/mol. The zero-order chi connectivity index (χ0) is 32.2. The van der Waals surface area contributed by atoms with Gasteiger partial charge in [-0.2, -0.15) is 0 Å². The topological polar surface area (TPSA) is 27.3 Å². The zero-order valence-electron chi connectivity index (χ0n) is 27.1. The van der Waals surface area contributed by atoms with Crippen LogP contribution >= 0.6 is 0 Å². The van der Waals surface area contributed by atoms with Gasteiger partial charge in [0.25, 0.3) is 0 Å². The standard InChI is InChI=1S/C45H35NO2/c1-3-12-32(46-40-21-8-7-19-38(40)44-39-27-31-14-5-6-18-34(31)35(39)25-26-41(44)46)17-10-15-30-16-11-20-37-36-24-23-33(28-43(36)48-45(30)37)47-42-22-9-4-13-29(42)2/h3-22,24-26,28,33H,23,27H2,1-2H3/b12-3-,15-10+,32-17+. The smallest absolute Gasteiger partial charge is 0.142 e. The maximum absolute atomic E-state index is 6.52. The lowest BCUT2D eigenvalue weighted by Gasteiger charge is -2.16. The molecule has 48 heavy (non-hydrogen) atoms. The van der Waals surface area contributed by atoms with Gasteiger partial charge in [0.05, 0.1) is 11.0 Å². The molecular formula is C45H35NO2. The first-order valence-corrected chi connectivity index (χ1v) is 16.8. The number of hydrogen-bond donors (Lipinski definition) is 0. The number of hydrogen-bond acceptors (Lipinski definition) is 2. The lowest BCUT2D eigenvalue weighted by atomic mass is 10.0. The molecule has 0 bridgehead atoms. The van der Waals surface area contributed by atoms with E-state index in [1.54, 1.807) is 0 Å². The molecule has 2 heterocycles. The number of rotatable bonds is 6. The fraction of sp³-hybridized carbons (Fsp3) is 0.111. The number of para-hydroxylation sites is 3. The first kappa shape index (κ1) is 28.4. The van der Waals surface area contributed by atoms with Crippen LogP contribution in [0.5, 0.6) is 5.75 Å². The van der Waals surface area contributed by atoms with E-state index in [-0.39, 0.29) is 6.10 Å². The van der Waals surface area contributed by atoms with Crippen molar-refractivity contribution in [3.8, 4) is 16.9 Å². The van der Waals surface area contributed by atoms with Gasteiger partial charge in [0.2, 0.25) is 0 Å². The van der Waals surface area contributed by atoms with Crippen LogP contribution in [0.15, 0.2) is 132 Å². The summed E-state index contributed by atoms with van der Waals surface area (Å²) in [4.78, 5) is 0. The average molecular weight is 622 g/mol. The van der Waals surface area contributed by atoms with Crippen molar-refractivity contribution < 1.29 is 9.15 Å². The molecule has 7 aromatic rings. The minimum Gasteiger partial charge on any atom is -0.486 e. The van der Waals surface area contributed by atoms with Crippen LogP contribution in [0.25, 0.3) is 67.8 Å². The van der Waals surface area contributed by atoms with Gasteiger partial charge in [-0.15, -0.1) is 0 Å². The van der Waals surface area contributed by atoms with E-state index >= 15 is 0 Å². The van der Waals surface area contributed by atoms with Crippen molar-refractivity contribution >= 4 is 56.7 Å². The molecule has 0 fully saturated rings. The van der Waals surface area contributed by atoms with Crippen LogP contribution in [0.2, 0.25) is 0 Å². The predicted octanol–water partition coefficient (Wildman–Crippen LogP) is 9.96. The fourth-order valence-electron chi connectivity index (χ4n) is 7.65. The normalized spacial score (nSPS) is 15.6. The van der Waals surface area contributed by atoms with Crippen molar-refractivity contribution in [2.75, 3.05) is 0 Å². The van der Waals surface area contributed by atoms with Gasteiger partial charge >= 0.3 is 0 Å². The van der Waals surface area contributed by atoms with Crippen molar-refractivity contribution in [2.24, 2.45) is 0 Å². The molecular weight excluding hydrogens is 587 g/mol. The number of fused-ring (bicyclic) bond motifs is 10. The molecule has 0 saturated carbocycles. The number of aryl methyl sites for hydroxylation is 1. The predicted molar refractivity (Wildman–Crippen MR) is 200 cm³/mol. The molecule has 1 unspecified atom stereocenters. The Hall–Kier alpha value is -5.80. The van der Waals surface area contributed by atoms with E-state index in [0.717, 1.165) is 57.0 Å². The Labute approximate surface area is 279 Å². The highest BCUT2D eigenvalue weighted by molar-refractivity contribution is 6.14. The summed E-state index contributed by atoms with van der Waals surface area (Å²) >= 11 is 0.